The molecule has 0 bridgehead atoms. The highest BCUT2D eigenvalue weighted by atomic mass is 19.1. The van der Waals surface area contributed by atoms with Gasteiger partial charge in [-0.05, 0) is 43.7 Å². The largest absolute Gasteiger partial charge is 0.341 e. The maximum absolute atomic E-state index is 14.1. The Kier molecular flexibility index (Phi) is 5.33. The Hall–Kier alpha value is -2.97. The van der Waals surface area contributed by atoms with Gasteiger partial charge in [0.25, 0.3) is 0 Å². The fourth-order valence-corrected chi connectivity index (χ4v) is 4.45. The molecule has 1 saturated carbocycles. The Morgan fingerprint density at radius 1 is 1.16 bits per heavy atom. The van der Waals surface area contributed by atoms with Gasteiger partial charge in [0.2, 0.25) is 11.8 Å². The lowest BCUT2D eigenvalue weighted by Gasteiger charge is -2.33. The van der Waals surface area contributed by atoms with Crippen molar-refractivity contribution < 1.29 is 18.5 Å². The zero-order chi connectivity index (χ0) is 21.4. The van der Waals surface area contributed by atoms with Crippen molar-refractivity contribution in [1.82, 2.24) is 19.9 Å². The van der Waals surface area contributed by atoms with Gasteiger partial charge in [0.05, 0.1) is 5.69 Å². The number of para-hydroxylation sites is 1. The van der Waals surface area contributed by atoms with Crippen molar-refractivity contribution in [3.05, 3.63) is 41.8 Å². The molecule has 0 N–H and O–H groups in total. The second-order valence-electron chi connectivity index (χ2n) is 8.68. The van der Waals surface area contributed by atoms with Gasteiger partial charge in [-0.25, -0.2) is 9.18 Å². The summed E-state index contributed by atoms with van der Waals surface area (Å²) in [5.41, 5.74) is 0.255. The Morgan fingerprint density at radius 2 is 2.00 bits per heavy atom. The molecule has 2 saturated heterocycles. The van der Waals surface area contributed by atoms with Crippen LogP contribution in [-0.4, -0.2) is 64.6 Å². The summed E-state index contributed by atoms with van der Waals surface area (Å²) in [6, 6.07) is 5.88. The minimum Gasteiger partial charge on any atom is -0.341 e. The number of anilines is 1. The van der Waals surface area contributed by atoms with E-state index >= 15 is 0 Å². The molecule has 5 rings (SSSR count). The Bertz CT molecular complexity index is 976. The topological polar surface area (TPSA) is 82.8 Å². The number of carbonyl (C=O) groups excluding carboxylic acids is 2. The Morgan fingerprint density at radius 3 is 2.81 bits per heavy atom. The van der Waals surface area contributed by atoms with Crippen LogP contribution in [-0.2, 0) is 11.2 Å². The minimum atomic E-state index is -0.436. The number of hydrogen-bond acceptors (Lipinski definition) is 5. The molecule has 0 spiro atoms. The maximum Gasteiger partial charge on any atom is 0.325 e. The van der Waals surface area contributed by atoms with Gasteiger partial charge in [-0.15, -0.1) is 0 Å². The van der Waals surface area contributed by atoms with E-state index in [2.05, 4.69) is 10.1 Å². The van der Waals surface area contributed by atoms with Crippen molar-refractivity contribution in [2.24, 2.45) is 5.92 Å². The average Bonchev–Trinajstić information content (AvgIpc) is 3.43. The summed E-state index contributed by atoms with van der Waals surface area (Å²) in [4.78, 5) is 34.9. The Labute approximate surface area is 180 Å². The van der Waals surface area contributed by atoms with Crippen LogP contribution in [0, 0.1) is 11.7 Å². The quantitative estimate of drug-likeness (QED) is 0.708. The van der Waals surface area contributed by atoms with Gasteiger partial charge in [-0.2, -0.15) is 4.98 Å². The zero-order valence-electron chi connectivity index (χ0n) is 17.4. The molecule has 3 fully saturated rings. The molecule has 31 heavy (non-hydrogen) atoms. The number of urea groups is 1. The number of halogens is 1. The number of hydrogen-bond donors (Lipinski definition) is 0. The summed E-state index contributed by atoms with van der Waals surface area (Å²) in [7, 11) is 0. The van der Waals surface area contributed by atoms with Crippen LogP contribution in [0.5, 0.6) is 0 Å². The molecule has 1 aromatic heterocycles. The molecule has 1 atom stereocenters. The third-order valence-corrected chi connectivity index (χ3v) is 6.33. The molecule has 1 aromatic carbocycles. The van der Waals surface area contributed by atoms with E-state index in [9.17, 15) is 14.0 Å². The van der Waals surface area contributed by atoms with Crippen LogP contribution >= 0.6 is 0 Å². The van der Waals surface area contributed by atoms with E-state index in [1.54, 1.807) is 18.2 Å². The summed E-state index contributed by atoms with van der Waals surface area (Å²) >= 11 is 0. The number of carbonyl (C=O) groups is 2. The molecule has 3 heterocycles. The summed E-state index contributed by atoms with van der Waals surface area (Å²) in [5, 5.41) is 4.07. The SMILES string of the molecule is O=C(CN1CCN(c2ccccc2F)C1=O)N1CCCC(Cc2nc(C3CC3)no2)C1. The van der Waals surface area contributed by atoms with E-state index < -0.39 is 5.82 Å². The molecule has 3 aliphatic rings. The predicted molar refractivity (Wildman–Crippen MR) is 110 cm³/mol. The first-order valence-corrected chi connectivity index (χ1v) is 11.0. The van der Waals surface area contributed by atoms with E-state index in [4.69, 9.17) is 4.52 Å². The number of aromatic nitrogens is 2. The molecule has 0 radical (unpaired) electrons. The minimum absolute atomic E-state index is 0.0168. The smallest absolute Gasteiger partial charge is 0.325 e. The van der Waals surface area contributed by atoms with Gasteiger partial charge in [-0.1, -0.05) is 17.3 Å². The lowest BCUT2D eigenvalue weighted by Crippen LogP contribution is -2.46. The van der Waals surface area contributed by atoms with Crippen molar-refractivity contribution >= 4 is 17.6 Å². The highest BCUT2D eigenvalue weighted by molar-refractivity contribution is 5.96. The fraction of sp³-hybridized carbons (Fsp3) is 0.545. The first-order chi connectivity index (χ1) is 15.1. The van der Waals surface area contributed by atoms with Gasteiger partial charge < -0.3 is 14.3 Å². The number of rotatable bonds is 6. The van der Waals surface area contributed by atoms with Crippen molar-refractivity contribution in [3.63, 3.8) is 0 Å². The number of nitrogens with zero attached hydrogens (tertiary/aromatic N) is 5. The van der Waals surface area contributed by atoms with Crippen molar-refractivity contribution in [2.45, 2.75) is 38.0 Å². The number of piperidine rings is 1. The first kappa shape index (κ1) is 20.0. The van der Waals surface area contributed by atoms with Crippen LogP contribution in [0.4, 0.5) is 14.9 Å². The summed E-state index contributed by atoms with van der Waals surface area (Å²) in [5.74, 6) is 1.69. The summed E-state index contributed by atoms with van der Waals surface area (Å²) in [6.45, 7) is 2.10. The van der Waals surface area contributed by atoms with Crippen molar-refractivity contribution in [2.75, 3.05) is 37.6 Å². The molecule has 2 aromatic rings. The lowest BCUT2D eigenvalue weighted by molar-refractivity contribution is -0.133. The van der Waals surface area contributed by atoms with E-state index in [1.165, 1.54) is 15.9 Å². The second-order valence-corrected chi connectivity index (χ2v) is 8.68. The second kappa shape index (κ2) is 8.28. The van der Waals surface area contributed by atoms with Crippen LogP contribution in [0.15, 0.2) is 28.8 Å². The van der Waals surface area contributed by atoms with Crippen LogP contribution < -0.4 is 4.90 Å². The molecule has 1 unspecified atom stereocenters. The van der Waals surface area contributed by atoms with Gasteiger partial charge in [0.15, 0.2) is 5.82 Å². The molecule has 8 nitrogen and oxygen atoms in total. The normalized spacial score (nSPS) is 21.8. The van der Waals surface area contributed by atoms with Gasteiger partial charge >= 0.3 is 6.03 Å². The standard InChI is InChI=1S/C22H26FN5O3/c23-17-5-1-2-6-18(17)28-11-10-27(22(28)30)14-20(29)26-9-3-4-15(13-26)12-19-24-21(25-31-19)16-7-8-16/h1-2,5-6,15-16H,3-4,7-14H2. The molecule has 9 heteroatoms. The van der Waals surface area contributed by atoms with Gasteiger partial charge in [-0.3, -0.25) is 9.69 Å². The van der Waals surface area contributed by atoms with Crippen LogP contribution in [0.25, 0.3) is 0 Å². The molecular formula is C22H26FN5O3. The van der Waals surface area contributed by atoms with Crippen LogP contribution in [0.2, 0.25) is 0 Å². The summed E-state index contributed by atoms with van der Waals surface area (Å²) < 4.78 is 19.5. The molecule has 2 aliphatic heterocycles. The third kappa shape index (κ3) is 4.26. The molecule has 1 aliphatic carbocycles. The van der Waals surface area contributed by atoms with Crippen LogP contribution in [0.1, 0.15) is 43.3 Å². The Balaban J connectivity index is 1.16. The van der Waals surface area contributed by atoms with E-state index in [-0.39, 0.29) is 30.1 Å². The maximum atomic E-state index is 14.1. The highest BCUT2D eigenvalue weighted by Crippen LogP contribution is 2.38. The van der Waals surface area contributed by atoms with E-state index in [0.717, 1.165) is 31.5 Å². The fourth-order valence-electron chi connectivity index (χ4n) is 4.45. The van der Waals surface area contributed by atoms with E-state index in [0.29, 0.717) is 44.4 Å². The first-order valence-electron chi connectivity index (χ1n) is 11.0. The average molecular weight is 427 g/mol. The molecule has 3 amide bonds. The van der Waals surface area contributed by atoms with Crippen molar-refractivity contribution in [1.29, 1.82) is 0 Å². The van der Waals surface area contributed by atoms with Gasteiger partial charge in [0.1, 0.15) is 12.4 Å². The predicted octanol–water partition coefficient (Wildman–Crippen LogP) is 2.81. The van der Waals surface area contributed by atoms with Crippen molar-refractivity contribution in [3.8, 4) is 0 Å². The van der Waals surface area contributed by atoms with Crippen LogP contribution in [0.3, 0.4) is 0 Å². The monoisotopic (exact) mass is 427 g/mol. The number of likely N-dealkylation sites (tertiary alicyclic amines) is 1. The number of benzene rings is 1. The lowest BCUT2D eigenvalue weighted by atomic mass is 9.94. The van der Waals surface area contributed by atoms with E-state index in [1.807, 2.05) is 4.90 Å². The third-order valence-electron chi connectivity index (χ3n) is 6.33. The summed E-state index contributed by atoms with van der Waals surface area (Å²) in [6.07, 6.45) is 4.86. The highest BCUT2D eigenvalue weighted by Gasteiger charge is 2.34. The molecular weight excluding hydrogens is 401 g/mol. The number of amides is 3. The van der Waals surface area contributed by atoms with Gasteiger partial charge in [0, 0.05) is 38.5 Å². The zero-order valence-corrected chi connectivity index (χ0v) is 17.4. The molecule has 164 valence electrons.